The van der Waals surface area contributed by atoms with Gasteiger partial charge in [-0.3, -0.25) is 9.59 Å². The standard InChI is InChI=1S/C25H26ClN5O2/c1-28-25(33)24-21(17-27-28)20-5-2-3-6-22(20)31(24)12-4-7-23(32)30-15-13-29(14-16-30)19-10-8-18(26)9-11-19/h2-3,5-6,8-11,17H,4,7,12-16H2,1H3. The maximum Gasteiger partial charge on any atom is 0.291 e. The molecular formula is C25H26ClN5O2. The van der Waals surface area contributed by atoms with Gasteiger partial charge in [0.1, 0.15) is 5.52 Å². The zero-order chi connectivity index (χ0) is 22.9. The van der Waals surface area contributed by atoms with E-state index in [-0.39, 0.29) is 11.5 Å². The minimum Gasteiger partial charge on any atom is -0.368 e. The van der Waals surface area contributed by atoms with Crippen LogP contribution in [0.25, 0.3) is 21.8 Å². The molecule has 0 atom stereocenters. The van der Waals surface area contributed by atoms with Crippen molar-refractivity contribution in [1.82, 2.24) is 19.2 Å². The van der Waals surface area contributed by atoms with Crippen LogP contribution in [0, 0.1) is 0 Å². The normalized spacial score (nSPS) is 14.4. The lowest BCUT2D eigenvalue weighted by Crippen LogP contribution is -2.48. The summed E-state index contributed by atoms with van der Waals surface area (Å²) in [5, 5.41) is 6.79. The van der Waals surface area contributed by atoms with E-state index in [1.54, 1.807) is 13.2 Å². The molecule has 4 aromatic rings. The first-order chi connectivity index (χ1) is 16.0. The Labute approximate surface area is 196 Å². The lowest BCUT2D eigenvalue weighted by molar-refractivity contribution is -0.131. The maximum absolute atomic E-state index is 12.9. The van der Waals surface area contributed by atoms with E-state index >= 15 is 0 Å². The van der Waals surface area contributed by atoms with Crippen molar-refractivity contribution in [1.29, 1.82) is 0 Å². The maximum atomic E-state index is 12.9. The number of carbonyl (C=O) groups excluding carboxylic acids is 1. The molecule has 1 aliphatic rings. The number of aromatic nitrogens is 3. The van der Waals surface area contributed by atoms with Crippen LogP contribution >= 0.6 is 11.6 Å². The summed E-state index contributed by atoms with van der Waals surface area (Å²) < 4.78 is 3.41. The highest BCUT2D eigenvalue weighted by molar-refractivity contribution is 6.30. The Morgan fingerprint density at radius 1 is 1.00 bits per heavy atom. The van der Waals surface area contributed by atoms with E-state index in [1.165, 1.54) is 4.68 Å². The first kappa shape index (κ1) is 21.5. The summed E-state index contributed by atoms with van der Waals surface area (Å²) in [4.78, 5) is 29.9. The minimum absolute atomic E-state index is 0.117. The number of fused-ring (bicyclic) bond motifs is 3. The molecule has 0 saturated carbocycles. The van der Waals surface area contributed by atoms with Crippen LogP contribution < -0.4 is 10.5 Å². The van der Waals surface area contributed by atoms with Crippen LogP contribution in [0.4, 0.5) is 5.69 Å². The van der Waals surface area contributed by atoms with Crippen LogP contribution in [0.15, 0.2) is 59.5 Å². The van der Waals surface area contributed by atoms with Gasteiger partial charge in [0.25, 0.3) is 5.56 Å². The second kappa shape index (κ2) is 8.90. The van der Waals surface area contributed by atoms with Crippen molar-refractivity contribution in [3.05, 3.63) is 70.1 Å². The summed E-state index contributed by atoms with van der Waals surface area (Å²) in [6.07, 6.45) is 2.89. The molecule has 0 bridgehead atoms. The quantitative estimate of drug-likeness (QED) is 0.453. The lowest BCUT2D eigenvalue weighted by atomic mass is 10.2. The van der Waals surface area contributed by atoms with Crippen LogP contribution in [0.1, 0.15) is 12.8 Å². The number of rotatable bonds is 5. The van der Waals surface area contributed by atoms with Crippen molar-refractivity contribution < 1.29 is 4.79 Å². The zero-order valence-corrected chi connectivity index (χ0v) is 19.3. The Morgan fingerprint density at radius 2 is 1.73 bits per heavy atom. The molecule has 5 rings (SSSR count). The third-order valence-electron chi connectivity index (χ3n) is 6.46. The summed E-state index contributed by atoms with van der Waals surface area (Å²) in [6.45, 7) is 3.65. The molecule has 0 radical (unpaired) electrons. The molecule has 7 nitrogen and oxygen atoms in total. The van der Waals surface area contributed by atoms with Gasteiger partial charge in [0, 0.05) is 73.2 Å². The van der Waals surface area contributed by atoms with Crippen LogP contribution in [0.5, 0.6) is 0 Å². The van der Waals surface area contributed by atoms with Gasteiger partial charge in [0.2, 0.25) is 5.91 Å². The predicted octanol–water partition coefficient (Wildman–Crippen LogP) is 3.67. The van der Waals surface area contributed by atoms with E-state index in [1.807, 2.05) is 58.0 Å². The molecule has 0 spiro atoms. The molecule has 8 heteroatoms. The molecule has 33 heavy (non-hydrogen) atoms. The topological polar surface area (TPSA) is 63.4 Å². The number of anilines is 1. The second-order valence-electron chi connectivity index (χ2n) is 8.45. The van der Waals surface area contributed by atoms with Crippen LogP contribution in [0.2, 0.25) is 5.02 Å². The SMILES string of the molecule is Cn1ncc2c3ccccc3n(CCCC(=O)N3CCN(c4ccc(Cl)cc4)CC3)c2c1=O. The van der Waals surface area contributed by atoms with Gasteiger partial charge in [-0.15, -0.1) is 0 Å². The second-order valence-corrected chi connectivity index (χ2v) is 8.89. The van der Waals surface area contributed by atoms with Gasteiger partial charge >= 0.3 is 0 Å². The van der Waals surface area contributed by atoms with Crippen molar-refractivity contribution in [2.45, 2.75) is 19.4 Å². The van der Waals surface area contributed by atoms with Crippen LogP contribution in [-0.2, 0) is 18.4 Å². The highest BCUT2D eigenvalue weighted by Crippen LogP contribution is 2.26. The number of piperazine rings is 1. The summed E-state index contributed by atoms with van der Waals surface area (Å²) in [5.41, 5.74) is 2.67. The van der Waals surface area contributed by atoms with E-state index < -0.39 is 0 Å². The van der Waals surface area contributed by atoms with Gasteiger partial charge in [-0.05, 0) is 36.8 Å². The molecule has 2 aromatic carbocycles. The summed E-state index contributed by atoms with van der Waals surface area (Å²) in [5.74, 6) is 0.168. The van der Waals surface area contributed by atoms with Gasteiger partial charge in [-0.2, -0.15) is 5.10 Å². The number of hydrogen-bond donors (Lipinski definition) is 0. The number of nitrogens with zero attached hydrogens (tertiary/aromatic N) is 5. The molecule has 1 fully saturated rings. The Kier molecular flexibility index (Phi) is 5.81. The Bertz CT molecular complexity index is 1370. The molecule has 0 unspecified atom stereocenters. The van der Waals surface area contributed by atoms with Crippen molar-refractivity contribution in [2.24, 2.45) is 7.05 Å². The summed E-state index contributed by atoms with van der Waals surface area (Å²) >= 11 is 5.99. The summed E-state index contributed by atoms with van der Waals surface area (Å²) in [7, 11) is 1.66. The Morgan fingerprint density at radius 3 is 2.48 bits per heavy atom. The van der Waals surface area contributed by atoms with Crippen LogP contribution in [-0.4, -0.2) is 51.3 Å². The average Bonchev–Trinajstić information content (AvgIpc) is 3.16. The van der Waals surface area contributed by atoms with E-state index in [2.05, 4.69) is 10.00 Å². The molecular weight excluding hydrogens is 438 g/mol. The third kappa shape index (κ3) is 4.09. The van der Waals surface area contributed by atoms with Gasteiger partial charge in [-0.1, -0.05) is 29.8 Å². The molecule has 3 heterocycles. The Hall–Kier alpha value is -3.32. The number of carbonyl (C=O) groups is 1. The molecule has 2 aromatic heterocycles. The molecule has 1 saturated heterocycles. The highest BCUT2D eigenvalue weighted by Gasteiger charge is 2.21. The molecule has 0 N–H and O–H groups in total. The third-order valence-corrected chi connectivity index (χ3v) is 6.72. The van der Waals surface area contributed by atoms with E-state index in [0.717, 1.165) is 40.1 Å². The van der Waals surface area contributed by atoms with E-state index in [0.29, 0.717) is 38.0 Å². The fourth-order valence-electron chi connectivity index (χ4n) is 4.69. The smallest absolute Gasteiger partial charge is 0.291 e. The lowest BCUT2D eigenvalue weighted by Gasteiger charge is -2.36. The molecule has 1 aliphatic heterocycles. The fraction of sp³-hybridized carbons (Fsp3) is 0.320. The van der Waals surface area contributed by atoms with Gasteiger partial charge < -0.3 is 14.4 Å². The summed E-state index contributed by atoms with van der Waals surface area (Å²) in [6, 6.07) is 15.8. The van der Waals surface area contributed by atoms with Crippen molar-refractivity contribution in [3.8, 4) is 0 Å². The monoisotopic (exact) mass is 463 g/mol. The number of hydrogen-bond acceptors (Lipinski definition) is 4. The van der Waals surface area contributed by atoms with Gasteiger partial charge in [-0.25, -0.2) is 4.68 Å². The minimum atomic E-state index is -0.117. The Balaban J connectivity index is 1.25. The first-order valence-corrected chi connectivity index (χ1v) is 11.6. The highest BCUT2D eigenvalue weighted by atomic mass is 35.5. The number of para-hydroxylation sites is 1. The van der Waals surface area contributed by atoms with E-state index in [9.17, 15) is 9.59 Å². The molecule has 0 aliphatic carbocycles. The van der Waals surface area contributed by atoms with E-state index in [4.69, 9.17) is 11.6 Å². The predicted molar refractivity (Wildman–Crippen MR) is 132 cm³/mol. The average molecular weight is 464 g/mol. The van der Waals surface area contributed by atoms with Crippen molar-refractivity contribution in [2.75, 3.05) is 31.1 Å². The molecule has 1 amide bonds. The van der Waals surface area contributed by atoms with Crippen LogP contribution in [0.3, 0.4) is 0 Å². The first-order valence-electron chi connectivity index (χ1n) is 11.2. The van der Waals surface area contributed by atoms with Gasteiger partial charge in [0.05, 0.1) is 6.20 Å². The number of benzene rings is 2. The number of halogens is 1. The zero-order valence-electron chi connectivity index (χ0n) is 18.6. The number of amides is 1. The number of aryl methyl sites for hydroxylation is 2. The van der Waals surface area contributed by atoms with Crippen molar-refractivity contribution in [3.63, 3.8) is 0 Å². The fourth-order valence-corrected chi connectivity index (χ4v) is 4.81. The van der Waals surface area contributed by atoms with Crippen molar-refractivity contribution >= 4 is 45.0 Å². The largest absolute Gasteiger partial charge is 0.368 e. The van der Waals surface area contributed by atoms with Gasteiger partial charge in [0.15, 0.2) is 0 Å². The molecule has 170 valence electrons.